The van der Waals surface area contributed by atoms with Crippen molar-refractivity contribution in [3.8, 4) is 5.75 Å². The standard InChI is InChI=1S/C18H16FN3O4/c1-18(12-7-3-2-4-8-12)16(24)22(17(25)20-18)21-15(23)11-26-14-10-6-5-9-13(14)19/h2-10H,11H2,1H3,(H,20,25)(H,21,23)/t18-/m0/s1. The van der Waals surface area contributed by atoms with Gasteiger partial charge in [-0.25, -0.2) is 9.18 Å². The third kappa shape index (κ3) is 3.21. The number of urea groups is 1. The van der Waals surface area contributed by atoms with Gasteiger partial charge in [0.15, 0.2) is 18.2 Å². The van der Waals surface area contributed by atoms with Crippen LogP contribution in [0.5, 0.6) is 5.75 Å². The molecule has 134 valence electrons. The van der Waals surface area contributed by atoms with Crippen molar-refractivity contribution in [2.45, 2.75) is 12.5 Å². The molecule has 0 bridgehead atoms. The lowest BCUT2D eigenvalue weighted by Crippen LogP contribution is -2.49. The molecule has 1 heterocycles. The van der Waals surface area contributed by atoms with Crippen LogP contribution in [-0.2, 0) is 15.1 Å². The molecule has 2 aromatic carbocycles. The Bertz CT molecular complexity index is 859. The van der Waals surface area contributed by atoms with E-state index in [1.54, 1.807) is 43.3 Å². The van der Waals surface area contributed by atoms with Gasteiger partial charge in [-0.3, -0.25) is 15.0 Å². The Morgan fingerprint density at radius 1 is 1.15 bits per heavy atom. The Balaban J connectivity index is 1.66. The first-order valence-corrected chi connectivity index (χ1v) is 7.81. The van der Waals surface area contributed by atoms with Gasteiger partial charge in [-0.05, 0) is 24.6 Å². The summed E-state index contributed by atoms with van der Waals surface area (Å²) >= 11 is 0. The van der Waals surface area contributed by atoms with E-state index < -0.39 is 35.8 Å². The average molecular weight is 357 g/mol. The molecule has 1 atom stereocenters. The van der Waals surface area contributed by atoms with Crippen molar-refractivity contribution in [1.82, 2.24) is 15.8 Å². The molecule has 0 aliphatic carbocycles. The lowest BCUT2D eigenvalue weighted by molar-refractivity contribution is -0.139. The maximum Gasteiger partial charge on any atom is 0.344 e. The zero-order valence-corrected chi connectivity index (χ0v) is 13.9. The van der Waals surface area contributed by atoms with Gasteiger partial charge in [0.25, 0.3) is 11.8 Å². The average Bonchev–Trinajstić information content (AvgIpc) is 2.86. The predicted octanol–water partition coefficient (Wildman–Crippen LogP) is 1.70. The van der Waals surface area contributed by atoms with Crippen LogP contribution in [0.15, 0.2) is 54.6 Å². The van der Waals surface area contributed by atoms with E-state index in [0.717, 1.165) is 0 Å². The highest BCUT2D eigenvalue weighted by Crippen LogP contribution is 2.27. The minimum atomic E-state index is -1.29. The molecule has 26 heavy (non-hydrogen) atoms. The number of imide groups is 1. The van der Waals surface area contributed by atoms with Crippen LogP contribution in [-0.4, -0.2) is 29.5 Å². The molecule has 1 saturated heterocycles. The second-order valence-corrected chi connectivity index (χ2v) is 5.82. The van der Waals surface area contributed by atoms with Gasteiger partial charge in [0.1, 0.15) is 5.54 Å². The Morgan fingerprint density at radius 2 is 1.81 bits per heavy atom. The first kappa shape index (κ1) is 17.4. The van der Waals surface area contributed by atoms with Gasteiger partial charge >= 0.3 is 6.03 Å². The molecule has 1 fully saturated rings. The van der Waals surface area contributed by atoms with Crippen LogP contribution in [0.25, 0.3) is 0 Å². The summed E-state index contributed by atoms with van der Waals surface area (Å²) in [7, 11) is 0. The fourth-order valence-electron chi connectivity index (χ4n) is 2.57. The Morgan fingerprint density at radius 3 is 2.50 bits per heavy atom. The highest BCUT2D eigenvalue weighted by molar-refractivity contribution is 6.08. The van der Waals surface area contributed by atoms with Crippen LogP contribution in [0, 0.1) is 5.82 Å². The molecule has 0 spiro atoms. The van der Waals surface area contributed by atoms with Crippen molar-refractivity contribution < 1.29 is 23.5 Å². The topological polar surface area (TPSA) is 87.7 Å². The molecule has 3 rings (SSSR count). The summed E-state index contributed by atoms with van der Waals surface area (Å²) in [4.78, 5) is 36.7. The number of carbonyl (C=O) groups excluding carboxylic acids is 3. The number of para-hydroxylation sites is 1. The summed E-state index contributed by atoms with van der Waals surface area (Å²) < 4.78 is 18.5. The molecule has 2 aromatic rings. The van der Waals surface area contributed by atoms with Gasteiger partial charge in [0.2, 0.25) is 0 Å². The SMILES string of the molecule is C[C@@]1(c2ccccc2)NC(=O)N(NC(=O)COc2ccccc2F)C1=O. The normalized spacial score (nSPS) is 19.2. The minimum absolute atomic E-state index is 0.103. The first-order valence-electron chi connectivity index (χ1n) is 7.81. The molecule has 0 radical (unpaired) electrons. The maximum atomic E-state index is 13.5. The molecular weight excluding hydrogens is 341 g/mol. The van der Waals surface area contributed by atoms with Crippen LogP contribution in [0.3, 0.4) is 0 Å². The number of benzene rings is 2. The molecule has 1 aliphatic rings. The maximum absolute atomic E-state index is 13.5. The van der Waals surface area contributed by atoms with Crippen LogP contribution in [0.1, 0.15) is 12.5 Å². The number of hydrazine groups is 1. The van der Waals surface area contributed by atoms with Crippen molar-refractivity contribution in [1.29, 1.82) is 0 Å². The van der Waals surface area contributed by atoms with E-state index in [1.165, 1.54) is 18.2 Å². The highest BCUT2D eigenvalue weighted by atomic mass is 19.1. The number of amides is 4. The quantitative estimate of drug-likeness (QED) is 0.798. The first-order chi connectivity index (χ1) is 12.4. The lowest BCUT2D eigenvalue weighted by atomic mass is 9.92. The summed E-state index contributed by atoms with van der Waals surface area (Å²) in [5, 5.41) is 3.15. The van der Waals surface area contributed by atoms with Crippen molar-refractivity contribution in [3.63, 3.8) is 0 Å². The summed E-state index contributed by atoms with van der Waals surface area (Å²) in [6.07, 6.45) is 0. The second kappa shape index (κ2) is 6.83. The fourth-order valence-corrected chi connectivity index (χ4v) is 2.57. The van der Waals surface area contributed by atoms with Crippen molar-refractivity contribution in [3.05, 3.63) is 66.0 Å². The van der Waals surface area contributed by atoms with E-state index in [0.29, 0.717) is 10.6 Å². The zero-order valence-electron chi connectivity index (χ0n) is 13.9. The van der Waals surface area contributed by atoms with Gasteiger partial charge in [0.05, 0.1) is 0 Å². The van der Waals surface area contributed by atoms with Crippen molar-refractivity contribution in [2.75, 3.05) is 6.61 Å². The van der Waals surface area contributed by atoms with Gasteiger partial charge in [-0.2, -0.15) is 5.01 Å². The second-order valence-electron chi connectivity index (χ2n) is 5.82. The molecule has 7 nitrogen and oxygen atoms in total. The van der Waals surface area contributed by atoms with Gasteiger partial charge < -0.3 is 10.1 Å². The van der Waals surface area contributed by atoms with Crippen molar-refractivity contribution >= 4 is 17.8 Å². The smallest absolute Gasteiger partial charge is 0.344 e. The van der Waals surface area contributed by atoms with E-state index in [2.05, 4.69) is 10.7 Å². The van der Waals surface area contributed by atoms with E-state index in [9.17, 15) is 18.8 Å². The summed E-state index contributed by atoms with van der Waals surface area (Å²) in [6, 6.07) is 13.5. The number of ether oxygens (including phenoxy) is 1. The fraction of sp³-hybridized carbons (Fsp3) is 0.167. The van der Waals surface area contributed by atoms with Gasteiger partial charge in [-0.1, -0.05) is 42.5 Å². The van der Waals surface area contributed by atoms with Gasteiger partial charge in [-0.15, -0.1) is 0 Å². The van der Waals surface area contributed by atoms with Crippen LogP contribution in [0.2, 0.25) is 0 Å². The van der Waals surface area contributed by atoms with E-state index in [-0.39, 0.29) is 5.75 Å². The van der Waals surface area contributed by atoms with E-state index >= 15 is 0 Å². The molecule has 0 aromatic heterocycles. The molecule has 1 aliphatic heterocycles. The van der Waals surface area contributed by atoms with E-state index in [4.69, 9.17) is 4.74 Å². The summed E-state index contributed by atoms with van der Waals surface area (Å²) in [5.41, 5.74) is 1.47. The summed E-state index contributed by atoms with van der Waals surface area (Å²) in [5.74, 6) is -2.12. The third-order valence-electron chi connectivity index (χ3n) is 3.97. The number of nitrogens with zero attached hydrogens (tertiary/aromatic N) is 1. The number of hydrogen-bond acceptors (Lipinski definition) is 4. The number of hydrogen-bond donors (Lipinski definition) is 2. The Labute approximate surface area is 148 Å². The zero-order chi connectivity index (χ0) is 18.7. The number of carbonyl (C=O) groups is 3. The molecular formula is C18H16FN3O4. The number of nitrogens with one attached hydrogen (secondary N) is 2. The third-order valence-corrected chi connectivity index (χ3v) is 3.97. The van der Waals surface area contributed by atoms with Gasteiger partial charge in [0, 0.05) is 0 Å². The number of halogens is 1. The van der Waals surface area contributed by atoms with Crippen LogP contribution < -0.4 is 15.5 Å². The lowest BCUT2D eigenvalue weighted by Gasteiger charge is -2.22. The summed E-state index contributed by atoms with van der Waals surface area (Å²) in [6.45, 7) is 0.991. The number of rotatable bonds is 5. The molecule has 8 heteroatoms. The monoisotopic (exact) mass is 357 g/mol. The van der Waals surface area contributed by atoms with Crippen LogP contribution in [0.4, 0.5) is 9.18 Å². The van der Waals surface area contributed by atoms with E-state index in [1.807, 2.05) is 0 Å². The molecule has 0 saturated carbocycles. The Hall–Kier alpha value is -3.42. The Kier molecular flexibility index (Phi) is 4.57. The minimum Gasteiger partial charge on any atom is -0.481 e. The largest absolute Gasteiger partial charge is 0.481 e. The van der Waals surface area contributed by atoms with Crippen molar-refractivity contribution in [2.24, 2.45) is 0 Å². The molecule has 4 amide bonds. The molecule has 2 N–H and O–H groups in total. The molecule has 0 unspecified atom stereocenters. The van der Waals surface area contributed by atoms with Crippen LogP contribution >= 0.6 is 0 Å². The predicted molar refractivity (Wildman–Crippen MR) is 89.2 cm³/mol. The highest BCUT2D eigenvalue weighted by Gasteiger charge is 2.49.